The van der Waals surface area contributed by atoms with Gasteiger partial charge in [-0.25, -0.2) is 9.97 Å². The fourth-order valence-corrected chi connectivity index (χ4v) is 6.21. The zero-order valence-corrected chi connectivity index (χ0v) is 20.7. The second kappa shape index (κ2) is 9.29. The van der Waals surface area contributed by atoms with Crippen molar-refractivity contribution in [2.75, 3.05) is 49.1 Å². The molecule has 0 radical (unpaired) electrons. The summed E-state index contributed by atoms with van der Waals surface area (Å²) in [6.45, 7) is 11.6. The van der Waals surface area contributed by atoms with E-state index in [0.717, 1.165) is 74.6 Å². The van der Waals surface area contributed by atoms with E-state index in [2.05, 4.69) is 69.7 Å². The third-order valence-corrected chi connectivity index (χ3v) is 8.25. The fraction of sp³-hybridized carbons (Fsp3) is 0.500. The Labute approximate surface area is 200 Å². The van der Waals surface area contributed by atoms with Gasteiger partial charge in [-0.15, -0.1) is 11.3 Å². The lowest BCUT2D eigenvalue weighted by atomic mass is 9.96. The summed E-state index contributed by atoms with van der Waals surface area (Å²) in [5, 5.41) is 1.13. The van der Waals surface area contributed by atoms with E-state index in [1.807, 2.05) is 0 Å². The van der Waals surface area contributed by atoms with Gasteiger partial charge in [0, 0.05) is 49.8 Å². The number of hydrogen-bond acceptors (Lipinski definition) is 6. The Morgan fingerprint density at radius 1 is 1.06 bits per heavy atom. The second-order valence-corrected chi connectivity index (χ2v) is 10.5. The SMILES string of the molecule is CCc1cc2c(N3CCCC(C(=O)N4CCN(c5ccc(C)cc5C)CC4)C3)ncnc2s1. The Morgan fingerprint density at radius 3 is 2.64 bits per heavy atom. The van der Waals surface area contributed by atoms with E-state index in [-0.39, 0.29) is 5.92 Å². The molecule has 0 bridgehead atoms. The zero-order chi connectivity index (χ0) is 22.9. The molecule has 0 saturated carbocycles. The molecule has 1 atom stereocenters. The van der Waals surface area contributed by atoms with Crippen LogP contribution in [0.15, 0.2) is 30.6 Å². The minimum absolute atomic E-state index is 0.0423. The van der Waals surface area contributed by atoms with Gasteiger partial charge in [-0.05, 0) is 50.8 Å². The first kappa shape index (κ1) is 22.1. The van der Waals surface area contributed by atoms with E-state index in [9.17, 15) is 4.79 Å². The molecule has 2 fully saturated rings. The minimum atomic E-state index is 0.0423. The lowest BCUT2D eigenvalue weighted by Crippen LogP contribution is -2.52. The monoisotopic (exact) mass is 463 g/mol. The molecule has 3 aromatic rings. The molecule has 4 heterocycles. The highest BCUT2D eigenvalue weighted by Gasteiger charge is 2.32. The number of hydrogen-bond donors (Lipinski definition) is 0. The van der Waals surface area contributed by atoms with Crippen LogP contribution < -0.4 is 9.80 Å². The first-order valence-electron chi connectivity index (χ1n) is 12.1. The number of carbonyl (C=O) groups excluding carboxylic acids is 1. The van der Waals surface area contributed by atoms with Gasteiger partial charge in [-0.2, -0.15) is 0 Å². The van der Waals surface area contributed by atoms with Crippen LogP contribution in [0.4, 0.5) is 11.5 Å². The standard InChI is InChI=1S/C26H33N5OS/c1-4-21-15-22-24(27-17-28-25(22)33-21)31-9-5-6-20(16-31)26(32)30-12-10-29(11-13-30)23-8-7-18(2)14-19(23)3/h7-8,14-15,17,20H,4-6,9-13,16H2,1-3H3. The van der Waals surface area contributed by atoms with E-state index >= 15 is 0 Å². The van der Waals surface area contributed by atoms with Crippen molar-refractivity contribution in [3.05, 3.63) is 46.6 Å². The first-order valence-corrected chi connectivity index (χ1v) is 12.9. The topological polar surface area (TPSA) is 52.6 Å². The van der Waals surface area contributed by atoms with Crippen molar-refractivity contribution in [1.82, 2.24) is 14.9 Å². The molecule has 0 aliphatic carbocycles. The Kier molecular flexibility index (Phi) is 6.23. The molecule has 7 heteroatoms. The highest BCUT2D eigenvalue weighted by atomic mass is 32.1. The van der Waals surface area contributed by atoms with E-state index < -0.39 is 0 Å². The quantitative estimate of drug-likeness (QED) is 0.573. The van der Waals surface area contributed by atoms with Crippen molar-refractivity contribution in [2.45, 2.75) is 40.0 Å². The maximum atomic E-state index is 13.4. The van der Waals surface area contributed by atoms with Gasteiger partial charge in [0.1, 0.15) is 17.0 Å². The maximum absolute atomic E-state index is 13.4. The summed E-state index contributed by atoms with van der Waals surface area (Å²) in [4.78, 5) is 31.8. The van der Waals surface area contributed by atoms with Crippen LogP contribution in [0.3, 0.4) is 0 Å². The summed E-state index contributed by atoms with van der Waals surface area (Å²) in [5.41, 5.74) is 3.90. The lowest BCUT2D eigenvalue weighted by Gasteiger charge is -2.40. The van der Waals surface area contributed by atoms with Crippen LogP contribution in [-0.4, -0.2) is 60.0 Å². The average molecular weight is 464 g/mol. The summed E-state index contributed by atoms with van der Waals surface area (Å²) >= 11 is 1.75. The van der Waals surface area contributed by atoms with Crippen molar-refractivity contribution in [3.63, 3.8) is 0 Å². The number of carbonyl (C=O) groups is 1. The van der Waals surface area contributed by atoms with Gasteiger partial charge in [-0.3, -0.25) is 4.79 Å². The van der Waals surface area contributed by atoms with Gasteiger partial charge in [0.2, 0.25) is 5.91 Å². The largest absolute Gasteiger partial charge is 0.368 e. The van der Waals surface area contributed by atoms with E-state index in [4.69, 9.17) is 0 Å². The Balaban J connectivity index is 1.25. The molecule has 174 valence electrons. The summed E-state index contributed by atoms with van der Waals surface area (Å²) in [7, 11) is 0. The van der Waals surface area contributed by atoms with Crippen LogP contribution in [0.5, 0.6) is 0 Å². The summed E-state index contributed by atoms with van der Waals surface area (Å²) in [6.07, 6.45) is 4.67. The van der Waals surface area contributed by atoms with Gasteiger partial charge in [0.15, 0.2) is 0 Å². The molecule has 6 nitrogen and oxygen atoms in total. The van der Waals surface area contributed by atoms with E-state index in [1.54, 1.807) is 17.7 Å². The number of nitrogens with zero attached hydrogens (tertiary/aromatic N) is 5. The molecule has 1 unspecified atom stereocenters. The number of benzene rings is 1. The number of piperazine rings is 1. The third kappa shape index (κ3) is 4.43. The number of thiophene rings is 1. The minimum Gasteiger partial charge on any atom is -0.368 e. The highest BCUT2D eigenvalue weighted by Crippen LogP contribution is 2.33. The fourth-order valence-electron chi connectivity index (χ4n) is 5.28. The van der Waals surface area contributed by atoms with Gasteiger partial charge in [0.05, 0.1) is 11.3 Å². The average Bonchev–Trinajstić information content (AvgIpc) is 3.27. The van der Waals surface area contributed by atoms with Crippen LogP contribution >= 0.6 is 11.3 Å². The molecule has 2 saturated heterocycles. The molecule has 1 aromatic carbocycles. The highest BCUT2D eigenvalue weighted by molar-refractivity contribution is 7.18. The molecule has 1 amide bonds. The van der Waals surface area contributed by atoms with Crippen LogP contribution in [0.1, 0.15) is 35.8 Å². The molecule has 0 spiro atoms. The molecule has 0 N–H and O–H groups in total. The number of fused-ring (bicyclic) bond motifs is 1. The molecular weight excluding hydrogens is 430 g/mol. The first-order chi connectivity index (χ1) is 16.0. The predicted molar refractivity (Wildman–Crippen MR) is 136 cm³/mol. The number of aromatic nitrogens is 2. The summed E-state index contributed by atoms with van der Waals surface area (Å²) in [6, 6.07) is 8.87. The number of aryl methyl sites for hydroxylation is 3. The van der Waals surface area contributed by atoms with Crippen molar-refractivity contribution < 1.29 is 4.79 Å². The van der Waals surface area contributed by atoms with Crippen LogP contribution in [0.2, 0.25) is 0 Å². The number of amides is 1. The molecular formula is C26H33N5OS. The number of piperidine rings is 1. The van der Waals surface area contributed by atoms with E-state index in [1.165, 1.54) is 21.7 Å². The molecule has 33 heavy (non-hydrogen) atoms. The van der Waals surface area contributed by atoms with Crippen molar-refractivity contribution in [3.8, 4) is 0 Å². The molecule has 2 aliphatic heterocycles. The van der Waals surface area contributed by atoms with Gasteiger partial charge < -0.3 is 14.7 Å². The summed E-state index contributed by atoms with van der Waals surface area (Å²) in [5.74, 6) is 1.35. The van der Waals surface area contributed by atoms with Crippen molar-refractivity contribution in [1.29, 1.82) is 0 Å². The summed E-state index contributed by atoms with van der Waals surface area (Å²) < 4.78 is 0. The second-order valence-electron chi connectivity index (χ2n) is 9.37. The Bertz CT molecular complexity index is 1150. The zero-order valence-electron chi connectivity index (χ0n) is 19.9. The smallest absolute Gasteiger partial charge is 0.227 e. The number of anilines is 2. The normalized spacial score (nSPS) is 19.4. The molecule has 2 aliphatic rings. The van der Waals surface area contributed by atoms with Crippen LogP contribution in [0, 0.1) is 19.8 Å². The number of rotatable bonds is 4. The van der Waals surface area contributed by atoms with Crippen LogP contribution in [-0.2, 0) is 11.2 Å². The molecule has 5 rings (SSSR count). The van der Waals surface area contributed by atoms with Crippen LogP contribution in [0.25, 0.3) is 10.2 Å². The Hall–Kier alpha value is -2.67. The van der Waals surface area contributed by atoms with Crippen molar-refractivity contribution in [2.24, 2.45) is 5.92 Å². The lowest BCUT2D eigenvalue weighted by molar-refractivity contribution is -0.136. The van der Waals surface area contributed by atoms with Gasteiger partial charge in [-0.1, -0.05) is 24.6 Å². The van der Waals surface area contributed by atoms with Gasteiger partial charge in [0.25, 0.3) is 0 Å². The van der Waals surface area contributed by atoms with E-state index in [0.29, 0.717) is 5.91 Å². The Morgan fingerprint density at radius 2 is 1.88 bits per heavy atom. The third-order valence-electron chi connectivity index (χ3n) is 7.06. The maximum Gasteiger partial charge on any atom is 0.227 e. The molecule has 2 aromatic heterocycles. The predicted octanol–water partition coefficient (Wildman–Crippen LogP) is 4.44. The van der Waals surface area contributed by atoms with Gasteiger partial charge >= 0.3 is 0 Å². The van der Waals surface area contributed by atoms with Crippen molar-refractivity contribution >= 4 is 39.0 Å².